The zero-order valence-electron chi connectivity index (χ0n) is 11.8. The minimum absolute atomic E-state index is 0.104. The summed E-state index contributed by atoms with van der Waals surface area (Å²) in [5.74, 6) is -1.01. The quantitative estimate of drug-likeness (QED) is 0.773. The Kier molecular flexibility index (Phi) is 5.10. The minimum atomic E-state index is -1.01. The Morgan fingerprint density at radius 1 is 1.52 bits per heavy atom. The smallest absolute Gasteiger partial charge is 0.335 e. The van der Waals surface area contributed by atoms with Crippen LogP contribution in [-0.4, -0.2) is 40.8 Å². The maximum absolute atomic E-state index is 11.8. The van der Waals surface area contributed by atoms with Crippen LogP contribution in [0.4, 0.5) is 4.79 Å². The molecule has 1 aromatic rings. The molecule has 1 aliphatic rings. The van der Waals surface area contributed by atoms with Crippen molar-refractivity contribution in [2.45, 2.75) is 38.5 Å². The van der Waals surface area contributed by atoms with Gasteiger partial charge in [-0.1, -0.05) is 0 Å². The van der Waals surface area contributed by atoms with E-state index in [0.29, 0.717) is 12.3 Å². The van der Waals surface area contributed by atoms with E-state index in [9.17, 15) is 9.59 Å². The second kappa shape index (κ2) is 7.03. The first kappa shape index (κ1) is 15.2. The van der Waals surface area contributed by atoms with Gasteiger partial charge in [0.25, 0.3) is 0 Å². The molecule has 2 unspecified atom stereocenters. The Morgan fingerprint density at radius 3 is 3.05 bits per heavy atom. The lowest BCUT2D eigenvalue weighted by molar-refractivity contribution is 0.0154. The largest absolute Gasteiger partial charge is 0.478 e. The molecule has 7 nitrogen and oxygen atoms in total. The number of nitrogens with zero attached hydrogens (tertiary/aromatic N) is 1. The second-order valence-electron chi connectivity index (χ2n) is 5.07. The molecule has 114 valence electrons. The highest BCUT2D eigenvalue weighted by Crippen LogP contribution is 2.12. The van der Waals surface area contributed by atoms with Crippen LogP contribution in [0.3, 0.4) is 0 Å². The number of nitrogens with one attached hydrogen (secondary N) is 2. The molecule has 0 saturated carbocycles. The molecule has 1 fully saturated rings. The zero-order valence-corrected chi connectivity index (χ0v) is 11.8. The number of carboxylic acids is 1. The standard InChI is InChI=1S/C14H19N3O4/c1-9-6-11(3-5-21-9)17-14(20)16-8-12-7-10(13(18)19)2-4-15-12/h2,4,7,9,11H,3,5-6,8H2,1H3,(H,18,19)(H2,16,17,20). The van der Waals surface area contributed by atoms with Crippen molar-refractivity contribution in [2.24, 2.45) is 0 Å². The van der Waals surface area contributed by atoms with Gasteiger partial charge in [0, 0.05) is 18.8 Å². The molecule has 2 rings (SSSR count). The molecule has 1 aromatic heterocycles. The number of hydrogen-bond donors (Lipinski definition) is 3. The highest BCUT2D eigenvalue weighted by atomic mass is 16.5. The van der Waals surface area contributed by atoms with Crippen LogP contribution < -0.4 is 10.6 Å². The molecule has 2 amide bonds. The third-order valence-corrected chi connectivity index (χ3v) is 3.31. The normalized spacial score (nSPS) is 21.6. The van der Waals surface area contributed by atoms with Gasteiger partial charge in [0.1, 0.15) is 0 Å². The summed E-state index contributed by atoms with van der Waals surface area (Å²) >= 11 is 0. The van der Waals surface area contributed by atoms with E-state index in [1.54, 1.807) is 0 Å². The average molecular weight is 293 g/mol. The number of aromatic nitrogens is 1. The fourth-order valence-electron chi connectivity index (χ4n) is 2.24. The maximum Gasteiger partial charge on any atom is 0.335 e. The molecule has 1 aliphatic heterocycles. The number of carboxylic acid groups (broad SMARTS) is 1. The van der Waals surface area contributed by atoms with Crippen molar-refractivity contribution >= 4 is 12.0 Å². The number of amides is 2. The molecule has 1 saturated heterocycles. The van der Waals surface area contributed by atoms with Gasteiger partial charge in [-0.05, 0) is 31.9 Å². The lowest BCUT2D eigenvalue weighted by Crippen LogP contribution is -2.45. The van der Waals surface area contributed by atoms with E-state index in [1.165, 1.54) is 18.3 Å². The summed E-state index contributed by atoms with van der Waals surface area (Å²) < 4.78 is 5.42. The average Bonchev–Trinajstić information content (AvgIpc) is 2.45. The van der Waals surface area contributed by atoms with Crippen molar-refractivity contribution in [3.05, 3.63) is 29.6 Å². The predicted molar refractivity (Wildman–Crippen MR) is 75.0 cm³/mol. The van der Waals surface area contributed by atoms with Crippen molar-refractivity contribution in [1.29, 1.82) is 0 Å². The SMILES string of the molecule is CC1CC(NC(=O)NCc2cc(C(=O)O)ccn2)CCO1. The zero-order chi connectivity index (χ0) is 15.2. The molecule has 2 atom stereocenters. The summed E-state index contributed by atoms with van der Waals surface area (Å²) in [6, 6.07) is 2.68. The van der Waals surface area contributed by atoms with Crippen LogP contribution in [0, 0.1) is 0 Å². The third kappa shape index (κ3) is 4.71. The predicted octanol–water partition coefficient (Wildman–Crippen LogP) is 1.15. The first-order chi connectivity index (χ1) is 10.0. The Morgan fingerprint density at radius 2 is 2.33 bits per heavy atom. The van der Waals surface area contributed by atoms with E-state index < -0.39 is 5.97 Å². The van der Waals surface area contributed by atoms with Gasteiger partial charge in [0.05, 0.1) is 23.9 Å². The van der Waals surface area contributed by atoms with Gasteiger partial charge in [-0.25, -0.2) is 9.59 Å². The summed E-state index contributed by atoms with van der Waals surface area (Å²) in [4.78, 5) is 26.7. The van der Waals surface area contributed by atoms with Crippen molar-refractivity contribution < 1.29 is 19.4 Å². The lowest BCUT2D eigenvalue weighted by Gasteiger charge is -2.27. The number of aromatic carboxylic acids is 1. The number of carbonyl (C=O) groups is 2. The van der Waals surface area contributed by atoms with Crippen LogP contribution in [0.1, 0.15) is 35.8 Å². The van der Waals surface area contributed by atoms with E-state index in [-0.39, 0.29) is 30.3 Å². The summed E-state index contributed by atoms with van der Waals surface area (Å²) in [5.41, 5.74) is 0.658. The van der Waals surface area contributed by atoms with Gasteiger partial charge >= 0.3 is 12.0 Å². The summed E-state index contributed by atoms with van der Waals surface area (Å²) in [6.07, 6.45) is 3.15. The Bertz CT molecular complexity index is 521. The lowest BCUT2D eigenvalue weighted by atomic mass is 10.0. The molecule has 0 aromatic carbocycles. The van der Waals surface area contributed by atoms with Gasteiger partial charge in [0.15, 0.2) is 0 Å². The first-order valence-electron chi connectivity index (χ1n) is 6.89. The van der Waals surface area contributed by atoms with Crippen LogP contribution in [-0.2, 0) is 11.3 Å². The first-order valence-corrected chi connectivity index (χ1v) is 6.89. The van der Waals surface area contributed by atoms with Crippen LogP contribution >= 0.6 is 0 Å². The Hall–Kier alpha value is -2.15. The topological polar surface area (TPSA) is 101 Å². The summed E-state index contributed by atoms with van der Waals surface area (Å²) in [7, 11) is 0. The van der Waals surface area contributed by atoms with Gasteiger partial charge < -0.3 is 20.5 Å². The van der Waals surface area contributed by atoms with E-state index in [4.69, 9.17) is 9.84 Å². The van der Waals surface area contributed by atoms with Crippen molar-refractivity contribution in [3.8, 4) is 0 Å². The van der Waals surface area contributed by atoms with Gasteiger partial charge in [-0.2, -0.15) is 0 Å². The molecule has 0 bridgehead atoms. The molecule has 3 N–H and O–H groups in total. The number of rotatable bonds is 4. The minimum Gasteiger partial charge on any atom is -0.478 e. The molecular formula is C14H19N3O4. The molecule has 0 aliphatic carbocycles. The van der Waals surface area contributed by atoms with Crippen LogP contribution in [0.25, 0.3) is 0 Å². The molecule has 0 spiro atoms. The van der Waals surface area contributed by atoms with E-state index >= 15 is 0 Å². The van der Waals surface area contributed by atoms with Crippen LogP contribution in [0.2, 0.25) is 0 Å². The Labute approximate surface area is 122 Å². The molecule has 21 heavy (non-hydrogen) atoms. The number of urea groups is 1. The number of ether oxygens (including phenoxy) is 1. The summed E-state index contributed by atoms with van der Waals surface area (Å²) in [5, 5.41) is 14.5. The molecule has 2 heterocycles. The fraction of sp³-hybridized carbons (Fsp3) is 0.500. The van der Waals surface area contributed by atoms with E-state index in [0.717, 1.165) is 12.8 Å². The Balaban J connectivity index is 1.81. The highest BCUT2D eigenvalue weighted by Gasteiger charge is 2.20. The monoisotopic (exact) mass is 293 g/mol. The van der Waals surface area contributed by atoms with E-state index in [2.05, 4.69) is 15.6 Å². The fourth-order valence-corrected chi connectivity index (χ4v) is 2.24. The number of pyridine rings is 1. The van der Waals surface area contributed by atoms with Gasteiger partial charge in [-0.15, -0.1) is 0 Å². The number of hydrogen-bond acceptors (Lipinski definition) is 4. The number of carbonyl (C=O) groups excluding carboxylic acids is 1. The third-order valence-electron chi connectivity index (χ3n) is 3.31. The van der Waals surface area contributed by atoms with Crippen molar-refractivity contribution in [3.63, 3.8) is 0 Å². The van der Waals surface area contributed by atoms with Crippen LogP contribution in [0.5, 0.6) is 0 Å². The second-order valence-corrected chi connectivity index (χ2v) is 5.07. The van der Waals surface area contributed by atoms with E-state index in [1.807, 2.05) is 6.92 Å². The van der Waals surface area contributed by atoms with Crippen molar-refractivity contribution in [1.82, 2.24) is 15.6 Å². The molecule has 0 radical (unpaired) electrons. The van der Waals surface area contributed by atoms with Gasteiger partial charge in [0.2, 0.25) is 0 Å². The molecular weight excluding hydrogens is 274 g/mol. The van der Waals surface area contributed by atoms with Crippen molar-refractivity contribution in [2.75, 3.05) is 6.61 Å². The maximum atomic E-state index is 11.8. The summed E-state index contributed by atoms with van der Waals surface area (Å²) in [6.45, 7) is 2.81. The molecule has 7 heteroatoms. The highest BCUT2D eigenvalue weighted by molar-refractivity contribution is 5.87. The van der Waals surface area contributed by atoms with Crippen LogP contribution in [0.15, 0.2) is 18.3 Å². The van der Waals surface area contributed by atoms with Gasteiger partial charge in [-0.3, -0.25) is 4.98 Å².